The van der Waals surface area contributed by atoms with Crippen molar-refractivity contribution >= 4 is 37.6 Å². The van der Waals surface area contributed by atoms with E-state index in [0.29, 0.717) is 10.0 Å². The van der Waals surface area contributed by atoms with Gasteiger partial charge in [-0.25, -0.2) is 4.39 Å². The number of aryl methyl sites for hydroxylation is 1. The molecule has 0 atom stereocenters. The standard InChI is InChI=1S/C14H9Br2FO/c1-8-5-6-9(15)7-11(8)14(18)10-3-2-4-12(16)13(10)17/h2-7H,1H3. The Morgan fingerprint density at radius 3 is 2.56 bits per heavy atom. The van der Waals surface area contributed by atoms with Gasteiger partial charge in [0.2, 0.25) is 0 Å². The summed E-state index contributed by atoms with van der Waals surface area (Å²) in [5.74, 6) is -0.838. The predicted octanol–water partition coefficient (Wildman–Crippen LogP) is 4.89. The van der Waals surface area contributed by atoms with Crippen molar-refractivity contribution in [2.75, 3.05) is 0 Å². The second kappa shape index (κ2) is 5.33. The minimum Gasteiger partial charge on any atom is -0.288 e. The first-order valence-corrected chi connectivity index (χ1v) is 6.84. The minimum atomic E-state index is -0.526. The third kappa shape index (κ3) is 2.54. The van der Waals surface area contributed by atoms with E-state index < -0.39 is 5.82 Å². The van der Waals surface area contributed by atoms with Crippen LogP contribution in [0.5, 0.6) is 0 Å². The highest BCUT2D eigenvalue weighted by atomic mass is 79.9. The molecular formula is C14H9Br2FO. The van der Waals surface area contributed by atoms with Crippen LogP contribution in [0.1, 0.15) is 21.5 Å². The van der Waals surface area contributed by atoms with Gasteiger partial charge in [-0.15, -0.1) is 0 Å². The van der Waals surface area contributed by atoms with Crippen LogP contribution in [-0.4, -0.2) is 5.78 Å². The van der Waals surface area contributed by atoms with Crippen LogP contribution in [-0.2, 0) is 0 Å². The normalized spacial score (nSPS) is 10.4. The zero-order chi connectivity index (χ0) is 13.3. The second-order valence-electron chi connectivity index (χ2n) is 3.89. The molecule has 2 aromatic rings. The van der Waals surface area contributed by atoms with E-state index in [4.69, 9.17) is 0 Å². The summed E-state index contributed by atoms with van der Waals surface area (Å²) >= 11 is 6.40. The number of carbonyl (C=O) groups excluding carboxylic acids is 1. The highest BCUT2D eigenvalue weighted by molar-refractivity contribution is 9.10. The predicted molar refractivity (Wildman–Crippen MR) is 76.4 cm³/mol. The lowest BCUT2D eigenvalue weighted by molar-refractivity contribution is 0.103. The molecule has 0 radical (unpaired) electrons. The summed E-state index contributed by atoms with van der Waals surface area (Å²) in [5.41, 5.74) is 1.40. The third-order valence-corrected chi connectivity index (χ3v) is 3.75. The Labute approximate surface area is 121 Å². The monoisotopic (exact) mass is 370 g/mol. The lowest BCUT2D eigenvalue weighted by Crippen LogP contribution is -2.06. The van der Waals surface area contributed by atoms with E-state index in [1.807, 2.05) is 19.1 Å². The van der Waals surface area contributed by atoms with Crippen molar-refractivity contribution in [2.24, 2.45) is 0 Å². The zero-order valence-electron chi connectivity index (χ0n) is 9.51. The fourth-order valence-corrected chi connectivity index (χ4v) is 2.39. The van der Waals surface area contributed by atoms with E-state index in [1.165, 1.54) is 6.07 Å². The van der Waals surface area contributed by atoms with Crippen LogP contribution in [0.25, 0.3) is 0 Å². The minimum absolute atomic E-state index is 0.0746. The first-order valence-electron chi connectivity index (χ1n) is 5.25. The molecule has 4 heteroatoms. The quantitative estimate of drug-likeness (QED) is 0.687. The van der Waals surface area contributed by atoms with Crippen molar-refractivity contribution in [1.82, 2.24) is 0 Å². The Hall–Kier alpha value is -1.000. The summed E-state index contributed by atoms with van der Waals surface area (Å²) in [6.07, 6.45) is 0. The average Bonchev–Trinajstić information content (AvgIpc) is 2.35. The molecule has 0 unspecified atom stereocenters. The molecule has 0 aliphatic heterocycles. The molecule has 2 aromatic carbocycles. The topological polar surface area (TPSA) is 17.1 Å². The van der Waals surface area contributed by atoms with Gasteiger partial charge in [0.1, 0.15) is 5.82 Å². The molecule has 0 saturated carbocycles. The van der Waals surface area contributed by atoms with Crippen molar-refractivity contribution < 1.29 is 9.18 Å². The van der Waals surface area contributed by atoms with Gasteiger partial charge in [0.25, 0.3) is 0 Å². The van der Waals surface area contributed by atoms with Gasteiger partial charge in [-0.05, 0) is 52.7 Å². The molecule has 18 heavy (non-hydrogen) atoms. The number of carbonyl (C=O) groups is 1. The second-order valence-corrected chi connectivity index (χ2v) is 5.66. The van der Waals surface area contributed by atoms with Crippen molar-refractivity contribution in [3.63, 3.8) is 0 Å². The summed E-state index contributed by atoms with van der Waals surface area (Å²) in [7, 11) is 0. The maximum atomic E-state index is 13.9. The van der Waals surface area contributed by atoms with Crippen LogP contribution < -0.4 is 0 Å². The van der Waals surface area contributed by atoms with Crippen molar-refractivity contribution in [3.05, 3.63) is 67.9 Å². The van der Waals surface area contributed by atoms with Gasteiger partial charge in [0, 0.05) is 10.0 Å². The molecule has 0 saturated heterocycles. The number of hydrogen-bond donors (Lipinski definition) is 0. The zero-order valence-corrected chi connectivity index (χ0v) is 12.7. The van der Waals surface area contributed by atoms with Crippen molar-refractivity contribution in [2.45, 2.75) is 6.92 Å². The third-order valence-electron chi connectivity index (χ3n) is 2.64. The Balaban J connectivity index is 2.55. The summed E-state index contributed by atoms with van der Waals surface area (Å²) in [6, 6.07) is 10.1. The lowest BCUT2D eigenvalue weighted by Gasteiger charge is -2.07. The first-order chi connectivity index (χ1) is 8.50. The van der Waals surface area contributed by atoms with E-state index >= 15 is 0 Å². The maximum absolute atomic E-state index is 13.9. The van der Waals surface area contributed by atoms with Gasteiger partial charge < -0.3 is 0 Å². The van der Waals surface area contributed by atoms with Crippen LogP contribution in [0.2, 0.25) is 0 Å². The number of hydrogen-bond acceptors (Lipinski definition) is 1. The number of ketones is 1. The van der Waals surface area contributed by atoms with Crippen LogP contribution >= 0.6 is 31.9 Å². The highest BCUT2D eigenvalue weighted by Crippen LogP contribution is 2.24. The van der Waals surface area contributed by atoms with E-state index in [1.54, 1.807) is 18.2 Å². The number of rotatable bonds is 2. The smallest absolute Gasteiger partial charge is 0.196 e. The van der Waals surface area contributed by atoms with Crippen LogP contribution in [0.4, 0.5) is 4.39 Å². The lowest BCUT2D eigenvalue weighted by atomic mass is 9.99. The summed E-state index contributed by atoms with van der Waals surface area (Å²) in [4.78, 5) is 12.3. The maximum Gasteiger partial charge on any atom is 0.196 e. The molecule has 0 spiro atoms. The van der Waals surface area contributed by atoms with E-state index in [9.17, 15) is 9.18 Å². The van der Waals surface area contributed by atoms with E-state index in [-0.39, 0.29) is 11.3 Å². The molecule has 0 aromatic heterocycles. The van der Waals surface area contributed by atoms with Gasteiger partial charge in [-0.2, -0.15) is 0 Å². The molecule has 0 heterocycles. The molecule has 2 rings (SSSR count). The Bertz CT molecular complexity index is 619. The molecule has 0 bridgehead atoms. The van der Waals surface area contributed by atoms with E-state index in [2.05, 4.69) is 31.9 Å². The van der Waals surface area contributed by atoms with E-state index in [0.717, 1.165) is 10.0 Å². The van der Waals surface area contributed by atoms with Crippen molar-refractivity contribution in [3.8, 4) is 0 Å². The molecule has 0 aliphatic carbocycles. The highest BCUT2D eigenvalue weighted by Gasteiger charge is 2.17. The Morgan fingerprint density at radius 2 is 1.83 bits per heavy atom. The Kier molecular flexibility index (Phi) is 3.97. The molecule has 0 fully saturated rings. The summed E-state index contributed by atoms with van der Waals surface area (Å²) < 4.78 is 15.0. The SMILES string of the molecule is Cc1ccc(Br)cc1C(=O)c1cccc(Br)c1F. The fraction of sp³-hybridized carbons (Fsp3) is 0.0714. The van der Waals surface area contributed by atoms with Gasteiger partial charge in [-0.1, -0.05) is 28.1 Å². The largest absolute Gasteiger partial charge is 0.288 e. The number of halogens is 3. The number of benzene rings is 2. The van der Waals surface area contributed by atoms with Gasteiger partial charge in [0.15, 0.2) is 5.78 Å². The molecule has 0 aliphatic rings. The van der Waals surface area contributed by atoms with Crippen molar-refractivity contribution in [1.29, 1.82) is 0 Å². The van der Waals surface area contributed by atoms with Gasteiger partial charge in [0.05, 0.1) is 10.0 Å². The van der Waals surface area contributed by atoms with Gasteiger partial charge in [-0.3, -0.25) is 4.79 Å². The van der Waals surface area contributed by atoms with Gasteiger partial charge >= 0.3 is 0 Å². The van der Waals surface area contributed by atoms with Crippen LogP contribution in [0.3, 0.4) is 0 Å². The Morgan fingerprint density at radius 1 is 1.11 bits per heavy atom. The summed E-state index contributed by atoms with van der Waals surface area (Å²) in [6.45, 7) is 1.83. The molecule has 1 nitrogen and oxygen atoms in total. The van der Waals surface area contributed by atoms with Crippen LogP contribution in [0, 0.1) is 12.7 Å². The molecular weight excluding hydrogens is 363 g/mol. The molecule has 0 amide bonds. The van der Waals surface area contributed by atoms with Crippen LogP contribution in [0.15, 0.2) is 45.3 Å². The average molecular weight is 372 g/mol. The summed E-state index contributed by atoms with van der Waals surface area (Å²) in [5, 5.41) is 0. The molecule has 92 valence electrons. The molecule has 0 N–H and O–H groups in total. The fourth-order valence-electron chi connectivity index (χ4n) is 1.66. The first kappa shape index (κ1) is 13.4.